The molecule has 0 saturated heterocycles. The fourth-order valence-electron chi connectivity index (χ4n) is 6.42. The largest absolute Gasteiger partial charge is 0.502 e. The first kappa shape index (κ1) is 39.5. The van der Waals surface area contributed by atoms with Gasteiger partial charge in [-0.15, -0.1) is 0 Å². The number of ether oxygens (including phenoxy) is 4. The molecule has 0 fully saturated rings. The number of aliphatic carboxylic acids is 4. The van der Waals surface area contributed by atoms with E-state index in [1.54, 1.807) is 0 Å². The Bertz CT molecular complexity index is 1080. The van der Waals surface area contributed by atoms with Crippen molar-refractivity contribution in [2.45, 2.75) is 77.0 Å². The molecule has 0 amide bonds. The van der Waals surface area contributed by atoms with E-state index >= 15 is 0 Å². The summed E-state index contributed by atoms with van der Waals surface area (Å²) in [7, 11) is 0. The Morgan fingerprint density at radius 3 is 1.02 bits per heavy atom. The zero-order chi connectivity index (χ0) is 34.6. The van der Waals surface area contributed by atoms with Crippen LogP contribution >= 0.6 is 0 Å². The summed E-state index contributed by atoms with van der Waals surface area (Å²) in [6, 6.07) is 0. The lowest BCUT2D eigenvalue weighted by molar-refractivity contribution is -0.170. The SMILES string of the molecule is C=COCCCCC1=C(C(=O)O)C(C(=O)O)=C(CCCCOC=C)C(CCCCOC=C)(C(=O)O)C1(CCCCOC=C)C(=O)O. The lowest BCUT2D eigenvalue weighted by Gasteiger charge is -2.52. The van der Waals surface area contributed by atoms with Crippen molar-refractivity contribution in [3.63, 3.8) is 0 Å². The molecule has 2 atom stereocenters. The second-order valence-corrected chi connectivity index (χ2v) is 10.7. The second-order valence-electron chi connectivity index (χ2n) is 10.7. The predicted octanol–water partition coefficient (Wildman–Crippen LogP) is 6.23. The van der Waals surface area contributed by atoms with E-state index in [1.807, 2.05) is 0 Å². The van der Waals surface area contributed by atoms with Gasteiger partial charge in [-0.25, -0.2) is 9.59 Å². The molecule has 1 rings (SSSR count). The summed E-state index contributed by atoms with van der Waals surface area (Å²) in [5.41, 5.74) is -6.40. The number of rotatable bonds is 28. The fourth-order valence-corrected chi connectivity index (χ4v) is 6.42. The zero-order valence-electron chi connectivity index (χ0n) is 26.5. The molecule has 0 radical (unpaired) electrons. The Hall–Kier alpha value is -4.48. The number of unbranched alkanes of at least 4 members (excludes halogenated alkanes) is 4. The summed E-state index contributed by atoms with van der Waals surface area (Å²) < 4.78 is 20.8. The minimum Gasteiger partial charge on any atom is -0.502 e. The lowest BCUT2D eigenvalue weighted by atomic mass is 9.47. The van der Waals surface area contributed by atoms with Gasteiger partial charge in [0.1, 0.15) is 10.8 Å². The Labute approximate surface area is 270 Å². The minimum atomic E-state index is -2.30. The first-order valence-electron chi connectivity index (χ1n) is 15.4. The van der Waals surface area contributed by atoms with Gasteiger partial charge in [-0.2, -0.15) is 0 Å². The summed E-state index contributed by atoms with van der Waals surface area (Å²) in [6.45, 7) is 14.7. The van der Waals surface area contributed by atoms with Crippen LogP contribution in [0, 0.1) is 10.8 Å². The van der Waals surface area contributed by atoms with Crippen molar-refractivity contribution in [3.05, 3.63) is 73.7 Å². The molecule has 1 aliphatic rings. The highest BCUT2D eigenvalue weighted by Crippen LogP contribution is 2.63. The Morgan fingerprint density at radius 2 is 0.783 bits per heavy atom. The molecule has 0 heterocycles. The highest BCUT2D eigenvalue weighted by Gasteiger charge is 2.67. The molecule has 12 heteroatoms. The number of hydrogen-bond donors (Lipinski definition) is 4. The Balaban J connectivity index is 4.21. The maximum Gasteiger partial charge on any atom is 0.336 e. The van der Waals surface area contributed by atoms with Gasteiger partial charge >= 0.3 is 23.9 Å². The number of carboxylic acid groups (broad SMARTS) is 4. The van der Waals surface area contributed by atoms with Crippen molar-refractivity contribution in [1.82, 2.24) is 0 Å². The van der Waals surface area contributed by atoms with Gasteiger partial charge < -0.3 is 39.4 Å². The summed E-state index contributed by atoms with van der Waals surface area (Å²) in [5, 5.41) is 43.5. The van der Waals surface area contributed by atoms with Crippen LogP contribution in [0.2, 0.25) is 0 Å². The van der Waals surface area contributed by atoms with Crippen molar-refractivity contribution in [2.24, 2.45) is 10.8 Å². The van der Waals surface area contributed by atoms with E-state index in [4.69, 9.17) is 18.9 Å². The van der Waals surface area contributed by atoms with Gasteiger partial charge in [-0.1, -0.05) is 26.3 Å². The number of carboxylic acids is 4. The predicted molar refractivity (Wildman–Crippen MR) is 169 cm³/mol. The number of carbonyl (C=O) groups is 4. The first-order chi connectivity index (χ1) is 22.0. The van der Waals surface area contributed by atoms with Crippen molar-refractivity contribution in [1.29, 1.82) is 0 Å². The molecule has 0 aromatic carbocycles. The maximum atomic E-state index is 13.8. The van der Waals surface area contributed by atoms with E-state index in [0.29, 0.717) is 25.7 Å². The first-order valence-corrected chi connectivity index (χ1v) is 15.4. The normalized spacial score (nSPS) is 19.1. The van der Waals surface area contributed by atoms with E-state index < -0.39 is 45.9 Å². The second kappa shape index (κ2) is 20.5. The van der Waals surface area contributed by atoms with Crippen LogP contribution in [-0.4, -0.2) is 70.7 Å². The van der Waals surface area contributed by atoms with Crippen LogP contribution in [0.4, 0.5) is 0 Å². The smallest absolute Gasteiger partial charge is 0.336 e. The molecule has 46 heavy (non-hydrogen) atoms. The molecule has 0 aliphatic heterocycles. The molecule has 0 aromatic rings. The molecular weight excluding hydrogens is 600 g/mol. The molecule has 1 aliphatic carbocycles. The molecule has 0 saturated carbocycles. The third-order valence-corrected chi connectivity index (χ3v) is 8.25. The minimum absolute atomic E-state index is 0.146. The van der Waals surface area contributed by atoms with E-state index in [9.17, 15) is 39.6 Å². The third kappa shape index (κ3) is 9.51. The molecule has 2 unspecified atom stereocenters. The van der Waals surface area contributed by atoms with Gasteiger partial charge in [-0.3, -0.25) is 9.59 Å². The van der Waals surface area contributed by atoms with Crippen LogP contribution in [0.5, 0.6) is 0 Å². The summed E-state index contributed by atoms with van der Waals surface area (Å²) >= 11 is 0. The summed E-state index contributed by atoms with van der Waals surface area (Å²) in [4.78, 5) is 53.6. The van der Waals surface area contributed by atoms with Crippen LogP contribution in [0.25, 0.3) is 0 Å². The van der Waals surface area contributed by atoms with Gasteiger partial charge in [-0.05, 0) is 88.2 Å². The average Bonchev–Trinajstić information content (AvgIpc) is 3.00. The zero-order valence-corrected chi connectivity index (χ0v) is 26.5. The molecule has 0 spiro atoms. The highest BCUT2D eigenvalue weighted by molar-refractivity contribution is 6.11. The Kier molecular flexibility index (Phi) is 17.6. The monoisotopic (exact) mass is 648 g/mol. The van der Waals surface area contributed by atoms with Crippen molar-refractivity contribution < 1.29 is 58.6 Å². The molecule has 0 aromatic heterocycles. The van der Waals surface area contributed by atoms with Crippen LogP contribution in [0.3, 0.4) is 0 Å². The van der Waals surface area contributed by atoms with E-state index in [0.717, 1.165) is 0 Å². The van der Waals surface area contributed by atoms with E-state index in [2.05, 4.69) is 26.3 Å². The van der Waals surface area contributed by atoms with Gasteiger partial charge in [0.2, 0.25) is 0 Å². The van der Waals surface area contributed by atoms with Crippen molar-refractivity contribution in [2.75, 3.05) is 26.4 Å². The molecular formula is C34H48O12. The average molecular weight is 649 g/mol. The molecule has 0 bridgehead atoms. The topological polar surface area (TPSA) is 186 Å². The maximum absolute atomic E-state index is 13.8. The lowest BCUT2D eigenvalue weighted by Crippen LogP contribution is -2.58. The van der Waals surface area contributed by atoms with E-state index in [-0.39, 0.29) is 88.9 Å². The van der Waals surface area contributed by atoms with E-state index in [1.165, 1.54) is 25.0 Å². The van der Waals surface area contributed by atoms with Gasteiger partial charge in [0.05, 0.1) is 62.6 Å². The van der Waals surface area contributed by atoms with Crippen LogP contribution in [-0.2, 0) is 38.1 Å². The third-order valence-electron chi connectivity index (χ3n) is 8.25. The van der Waals surface area contributed by atoms with Crippen LogP contribution in [0.1, 0.15) is 77.0 Å². The highest BCUT2D eigenvalue weighted by atomic mass is 16.5. The van der Waals surface area contributed by atoms with Crippen molar-refractivity contribution >= 4 is 23.9 Å². The van der Waals surface area contributed by atoms with Gasteiger partial charge in [0.15, 0.2) is 0 Å². The van der Waals surface area contributed by atoms with Crippen LogP contribution < -0.4 is 0 Å². The molecule has 256 valence electrons. The Morgan fingerprint density at radius 1 is 0.500 bits per heavy atom. The standard InChI is InChI=1S/C34H48O12/c1-5-43-21-13-9-17-25-27(29(35)36)28(30(37)38)26(18-10-14-22-44-6-2)34(32(41)42,20-12-16-24-46-8-4)33(25,31(39)40)19-11-15-23-45-7-3/h5-8H,1-4,9-24H2,(H,35,36)(H,37,38)(H,39,40)(H,41,42). The quantitative estimate of drug-likeness (QED) is 0.0555. The molecule has 12 nitrogen and oxygen atoms in total. The summed E-state index contributed by atoms with van der Waals surface area (Å²) in [6.07, 6.45) is 6.08. The van der Waals surface area contributed by atoms with Gasteiger partial charge in [0.25, 0.3) is 0 Å². The van der Waals surface area contributed by atoms with Crippen LogP contribution in [0.15, 0.2) is 73.7 Å². The summed E-state index contributed by atoms with van der Waals surface area (Å²) in [5.74, 6) is -6.34. The molecule has 4 N–H and O–H groups in total. The fraction of sp³-hybridized carbons (Fsp3) is 0.529. The number of hydrogen-bond acceptors (Lipinski definition) is 8. The van der Waals surface area contributed by atoms with Gasteiger partial charge in [0, 0.05) is 0 Å². The van der Waals surface area contributed by atoms with Crippen molar-refractivity contribution in [3.8, 4) is 0 Å².